The molecule has 0 aliphatic rings. The summed E-state index contributed by atoms with van der Waals surface area (Å²) >= 11 is 5.82. The van der Waals surface area contributed by atoms with E-state index in [2.05, 4.69) is 0 Å². The average Bonchev–Trinajstić information content (AvgIpc) is 2.38. The van der Waals surface area contributed by atoms with Crippen molar-refractivity contribution in [3.63, 3.8) is 0 Å². The van der Waals surface area contributed by atoms with Gasteiger partial charge in [-0.25, -0.2) is 9.18 Å². The second kappa shape index (κ2) is 5.30. The summed E-state index contributed by atoms with van der Waals surface area (Å²) in [5.74, 6) is -3.00. The van der Waals surface area contributed by atoms with Crippen LogP contribution in [-0.4, -0.2) is 17.0 Å². The second-order valence-corrected chi connectivity index (χ2v) is 4.43. The fourth-order valence-corrected chi connectivity index (χ4v) is 2.07. The van der Waals surface area contributed by atoms with E-state index in [1.807, 2.05) is 0 Å². The highest BCUT2D eigenvalue weighted by Crippen LogP contribution is 2.29. The molecule has 0 aromatic heterocycles. The first-order chi connectivity index (χ1) is 9.41. The Hall–Kier alpha value is -2.40. The van der Waals surface area contributed by atoms with Crippen molar-refractivity contribution in [3.8, 4) is 11.1 Å². The van der Waals surface area contributed by atoms with Crippen LogP contribution in [0.3, 0.4) is 0 Å². The van der Waals surface area contributed by atoms with Crippen molar-refractivity contribution in [1.82, 2.24) is 0 Å². The van der Waals surface area contributed by atoms with Gasteiger partial charge in [0.15, 0.2) is 0 Å². The van der Waals surface area contributed by atoms with E-state index >= 15 is 0 Å². The molecule has 0 aliphatic carbocycles. The fraction of sp³-hybridized carbons (Fsp3) is 0. The van der Waals surface area contributed by atoms with Crippen molar-refractivity contribution in [2.45, 2.75) is 0 Å². The van der Waals surface area contributed by atoms with Crippen LogP contribution in [-0.2, 0) is 0 Å². The van der Waals surface area contributed by atoms with Crippen LogP contribution in [0.4, 0.5) is 4.39 Å². The van der Waals surface area contributed by atoms with Crippen LogP contribution < -0.4 is 5.73 Å². The molecule has 0 saturated carbocycles. The predicted octanol–water partition coefficient (Wildman–Crippen LogP) is 2.94. The second-order valence-electron chi connectivity index (χ2n) is 4.03. The highest BCUT2D eigenvalue weighted by atomic mass is 35.5. The lowest BCUT2D eigenvalue weighted by molar-refractivity contribution is 0.0692. The fourth-order valence-electron chi connectivity index (χ4n) is 1.86. The average molecular weight is 294 g/mol. The van der Waals surface area contributed by atoms with Crippen molar-refractivity contribution >= 4 is 23.5 Å². The van der Waals surface area contributed by atoms with Gasteiger partial charge in [-0.2, -0.15) is 0 Å². The molecule has 0 saturated heterocycles. The molecule has 2 aromatic rings. The van der Waals surface area contributed by atoms with Gasteiger partial charge in [0.1, 0.15) is 11.4 Å². The van der Waals surface area contributed by atoms with Crippen molar-refractivity contribution < 1.29 is 19.1 Å². The van der Waals surface area contributed by atoms with E-state index in [1.54, 1.807) is 0 Å². The lowest BCUT2D eigenvalue weighted by Gasteiger charge is -2.09. The number of hydrogen-bond acceptors (Lipinski definition) is 2. The number of carbonyl (C=O) groups is 2. The number of carboxylic acid groups (broad SMARTS) is 1. The number of primary amides is 1. The third-order valence-electron chi connectivity index (χ3n) is 2.77. The zero-order chi connectivity index (χ0) is 14.9. The Morgan fingerprint density at radius 2 is 1.90 bits per heavy atom. The first-order valence-corrected chi connectivity index (χ1v) is 5.91. The number of aromatic carboxylic acids is 1. The van der Waals surface area contributed by atoms with Crippen LogP contribution in [0.2, 0.25) is 5.02 Å². The molecule has 6 heteroatoms. The summed E-state index contributed by atoms with van der Waals surface area (Å²) in [5.41, 5.74) is 5.25. The van der Waals surface area contributed by atoms with Gasteiger partial charge in [0, 0.05) is 0 Å². The maximum Gasteiger partial charge on any atom is 0.339 e. The van der Waals surface area contributed by atoms with E-state index in [0.29, 0.717) is 5.56 Å². The largest absolute Gasteiger partial charge is 0.478 e. The van der Waals surface area contributed by atoms with Crippen molar-refractivity contribution in [2.24, 2.45) is 5.73 Å². The van der Waals surface area contributed by atoms with E-state index in [0.717, 1.165) is 6.07 Å². The van der Waals surface area contributed by atoms with Gasteiger partial charge in [-0.05, 0) is 29.3 Å². The number of nitrogens with two attached hydrogens (primary N) is 1. The highest BCUT2D eigenvalue weighted by Gasteiger charge is 2.18. The van der Waals surface area contributed by atoms with E-state index in [4.69, 9.17) is 22.4 Å². The smallest absolute Gasteiger partial charge is 0.339 e. The maximum atomic E-state index is 13.6. The molecule has 0 bridgehead atoms. The molecule has 2 aromatic carbocycles. The normalized spacial score (nSPS) is 10.3. The van der Waals surface area contributed by atoms with Gasteiger partial charge >= 0.3 is 5.97 Å². The molecule has 102 valence electrons. The zero-order valence-corrected chi connectivity index (χ0v) is 10.8. The Bertz CT molecular complexity index is 716. The molecule has 0 fully saturated rings. The molecule has 20 heavy (non-hydrogen) atoms. The maximum absolute atomic E-state index is 13.6. The van der Waals surface area contributed by atoms with Crippen LogP contribution >= 0.6 is 11.6 Å². The molecule has 0 unspecified atom stereocenters. The number of rotatable bonds is 3. The molecular weight excluding hydrogens is 285 g/mol. The Morgan fingerprint density at radius 1 is 1.20 bits per heavy atom. The molecule has 0 atom stereocenters. The number of carbonyl (C=O) groups excluding carboxylic acids is 1. The Kier molecular flexibility index (Phi) is 3.72. The van der Waals surface area contributed by atoms with E-state index in [-0.39, 0.29) is 16.1 Å². The summed E-state index contributed by atoms with van der Waals surface area (Å²) in [5, 5.41) is 9.23. The Morgan fingerprint density at radius 3 is 2.50 bits per heavy atom. The topological polar surface area (TPSA) is 80.4 Å². The minimum atomic E-state index is -1.39. The summed E-state index contributed by atoms with van der Waals surface area (Å²) < 4.78 is 13.6. The molecule has 2 rings (SSSR count). The number of amides is 1. The predicted molar refractivity (Wildman–Crippen MR) is 72.3 cm³/mol. The Labute approximate surface area is 118 Å². The van der Waals surface area contributed by atoms with Crippen LogP contribution in [0.1, 0.15) is 20.7 Å². The van der Waals surface area contributed by atoms with Crippen LogP contribution in [0.25, 0.3) is 11.1 Å². The van der Waals surface area contributed by atoms with Crippen molar-refractivity contribution in [2.75, 3.05) is 0 Å². The zero-order valence-electron chi connectivity index (χ0n) is 10.1. The number of halogens is 2. The van der Waals surface area contributed by atoms with Crippen LogP contribution in [0, 0.1) is 5.82 Å². The standard InChI is InChI=1S/C14H9ClFNO3/c15-10-5-4-7(6-9(10)13(17)18)8-2-1-3-11(16)12(8)14(19)20/h1-6H,(H2,17,18)(H,19,20). The summed E-state index contributed by atoms with van der Waals surface area (Å²) in [7, 11) is 0. The summed E-state index contributed by atoms with van der Waals surface area (Å²) in [6, 6.07) is 8.13. The van der Waals surface area contributed by atoms with Gasteiger partial charge in [0.25, 0.3) is 0 Å². The third kappa shape index (κ3) is 2.48. The molecule has 0 heterocycles. The van der Waals surface area contributed by atoms with Gasteiger partial charge in [-0.3, -0.25) is 4.79 Å². The molecule has 0 radical (unpaired) electrons. The SMILES string of the molecule is NC(=O)c1cc(-c2cccc(F)c2C(=O)O)ccc1Cl. The number of benzene rings is 2. The molecule has 4 nitrogen and oxygen atoms in total. The van der Waals surface area contributed by atoms with Crippen molar-refractivity contribution in [1.29, 1.82) is 0 Å². The third-order valence-corrected chi connectivity index (χ3v) is 3.10. The van der Waals surface area contributed by atoms with Gasteiger partial charge in [0.05, 0.1) is 10.6 Å². The quantitative estimate of drug-likeness (QED) is 0.913. The lowest BCUT2D eigenvalue weighted by atomic mass is 9.97. The number of carboxylic acids is 1. The van der Waals surface area contributed by atoms with Gasteiger partial charge in [-0.1, -0.05) is 29.8 Å². The van der Waals surface area contributed by atoms with E-state index in [1.165, 1.54) is 30.3 Å². The van der Waals surface area contributed by atoms with Gasteiger partial charge in [0.2, 0.25) is 5.91 Å². The molecule has 3 N–H and O–H groups in total. The summed E-state index contributed by atoms with van der Waals surface area (Å²) in [6.07, 6.45) is 0. The van der Waals surface area contributed by atoms with E-state index < -0.39 is 23.3 Å². The molecular formula is C14H9ClFNO3. The minimum Gasteiger partial charge on any atom is -0.478 e. The summed E-state index contributed by atoms with van der Waals surface area (Å²) in [4.78, 5) is 22.4. The first kappa shape index (κ1) is 14.0. The molecule has 0 spiro atoms. The van der Waals surface area contributed by atoms with Crippen molar-refractivity contribution in [3.05, 3.63) is 58.4 Å². The first-order valence-electron chi connectivity index (χ1n) is 5.53. The van der Waals surface area contributed by atoms with Gasteiger partial charge in [-0.15, -0.1) is 0 Å². The molecule has 1 amide bonds. The Balaban J connectivity index is 2.69. The minimum absolute atomic E-state index is 0.0461. The highest BCUT2D eigenvalue weighted by molar-refractivity contribution is 6.33. The van der Waals surface area contributed by atoms with Gasteiger partial charge < -0.3 is 10.8 Å². The lowest BCUT2D eigenvalue weighted by Crippen LogP contribution is -2.12. The van der Waals surface area contributed by atoms with Crippen LogP contribution in [0.15, 0.2) is 36.4 Å². The number of hydrogen-bond donors (Lipinski definition) is 2. The summed E-state index contributed by atoms with van der Waals surface area (Å²) in [6.45, 7) is 0. The monoisotopic (exact) mass is 293 g/mol. The van der Waals surface area contributed by atoms with Crippen LogP contribution in [0.5, 0.6) is 0 Å². The van der Waals surface area contributed by atoms with E-state index in [9.17, 15) is 14.0 Å². The molecule has 0 aliphatic heterocycles.